The van der Waals surface area contributed by atoms with Crippen LogP contribution in [0.5, 0.6) is 0 Å². The quantitative estimate of drug-likeness (QED) is 0.176. The van der Waals surface area contributed by atoms with Crippen molar-refractivity contribution in [1.29, 1.82) is 0 Å². The van der Waals surface area contributed by atoms with Gasteiger partial charge in [0.15, 0.2) is 17.5 Å². The maximum atomic E-state index is 5.19. The fourth-order valence-corrected chi connectivity index (χ4v) is 9.84. The molecule has 0 unspecified atom stereocenters. The Balaban J connectivity index is 1.15. The molecule has 4 aromatic heterocycles. The molecule has 0 aliphatic carbocycles. The topological polar surface area (TPSA) is 48.5 Å². The second-order valence-electron chi connectivity index (χ2n) is 14.4. The fourth-order valence-electron chi connectivity index (χ4n) is 8.70. The molecule has 57 heavy (non-hydrogen) atoms. The first kappa shape index (κ1) is 31.9. The van der Waals surface area contributed by atoms with Gasteiger partial charge >= 0.3 is 0 Å². The molecule has 266 valence electrons. The van der Waals surface area contributed by atoms with Crippen LogP contribution in [0, 0.1) is 0 Å². The van der Waals surface area contributed by atoms with Crippen molar-refractivity contribution >= 4 is 75.1 Å². The molecular weight excluding hydrogens is 715 g/mol. The first-order valence-corrected chi connectivity index (χ1v) is 19.9. The summed E-state index contributed by atoms with van der Waals surface area (Å²) in [7, 11) is 0. The van der Waals surface area contributed by atoms with E-state index in [1.807, 2.05) is 47.7 Å². The Morgan fingerprint density at radius 3 is 1.58 bits per heavy atom. The van der Waals surface area contributed by atoms with Crippen molar-refractivity contribution in [2.45, 2.75) is 0 Å². The summed E-state index contributed by atoms with van der Waals surface area (Å²) in [5.41, 5.74) is 9.83. The van der Waals surface area contributed by atoms with Crippen molar-refractivity contribution in [3.05, 3.63) is 188 Å². The highest BCUT2D eigenvalue weighted by atomic mass is 32.1. The number of aromatic nitrogens is 5. The third kappa shape index (κ3) is 4.91. The third-order valence-corrected chi connectivity index (χ3v) is 12.3. The summed E-state index contributed by atoms with van der Waals surface area (Å²) in [6.45, 7) is 0. The van der Waals surface area contributed by atoms with Crippen molar-refractivity contribution < 1.29 is 0 Å². The highest BCUT2D eigenvalue weighted by Crippen LogP contribution is 2.46. The molecule has 4 heterocycles. The maximum absolute atomic E-state index is 5.19. The molecule has 0 aliphatic heterocycles. The first-order chi connectivity index (χ1) is 28.3. The third-order valence-electron chi connectivity index (χ3n) is 11.2. The monoisotopic (exact) mass is 745 g/mol. The zero-order chi connectivity index (χ0) is 37.5. The van der Waals surface area contributed by atoms with Gasteiger partial charge in [0.2, 0.25) is 0 Å². The standard InChI is InChI=1S/C51H31N5S/c1-4-15-32(16-5-1)49-52-50(33-17-6-2-7-18-33)54-51(53-49)40-23-14-26-43-46(40)39-29-30-44-47(48(39)56(43)34-19-8-3-9-20-34)38-28-27-35(31-45(38)57-44)55-41-24-12-10-21-36(41)37-22-11-13-25-42(37)55/h1-31H. The zero-order valence-electron chi connectivity index (χ0n) is 30.5. The van der Waals surface area contributed by atoms with E-state index in [2.05, 4.69) is 161 Å². The van der Waals surface area contributed by atoms with Gasteiger partial charge < -0.3 is 9.13 Å². The van der Waals surface area contributed by atoms with E-state index in [4.69, 9.17) is 15.0 Å². The molecule has 6 heteroatoms. The van der Waals surface area contributed by atoms with Gasteiger partial charge in [-0.15, -0.1) is 11.3 Å². The van der Waals surface area contributed by atoms with Crippen molar-refractivity contribution in [2.75, 3.05) is 0 Å². The predicted molar refractivity (Wildman–Crippen MR) is 238 cm³/mol. The molecule has 0 saturated carbocycles. The lowest BCUT2D eigenvalue weighted by Crippen LogP contribution is -2.00. The zero-order valence-corrected chi connectivity index (χ0v) is 31.4. The lowest BCUT2D eigenvalue weighted by atomic mass is 10.0. The van der Waals surface area contributed by atoms with E-state index in [0.29, 0.717) is 17.5 Å². The Bertz CT molecular complexity index is 3400. The van der Waals surface area contributed by atoms with Crippen LogP contribution in [-0.2, 0) is 0 Å². The Kier molecular flexibility index (Phi) is 7.03. The van der Waals surface area contributed by atoms with Crippen LogP contribution in [0.15, 0.2) is 188 Å². The fraction of sp³-hybridized carbons (Fsp3) is 0. The highest BCUT2D eigenvalue weighted by molar-refractivity contribution is 7.26. The number of hydrogen-bond donors (Lipinski definition) is 0. The van der Waals surface area contributed by atoms with E-state index in [9.17, 15) is 0 Å². The SMILES string of the molecule is c1ccc(-c2nc(-c3ccccc3)nc(-c3cccc4c3c3ccc5sc6cc(-n7c8ccccc8c8ccccc87)ccc6c5c3n4-c3ccccc3)n2)cc1. The average molecular weight is 746 g/mol. The minimum Gasteiger partial charge on any atom is -0.309 e. The van der Waals surface area contributed by atoms with Crippen molar-refractivity contribution in [2.24, 2.45) is 0 Å². The van der Waals surface area contributed by atoms with Gasteiger partial charge in [0, 0.05) is 69.8 Å². The highest BCUT2D eigenvalue weighted by Gasteiger charge is 2.23. The smallest absolute Gasteiger partial charge is 0.164 e. The second kappa shape index (κ2) is 12.6. The minimum atomic E-state index is 0.645. The van der Waals surface area contributed by atoms with Gasteiger partial charge in [-0.2, -0.15) is 0 Å². The van der Waals surface area contributed by atoms with Gasteiger partial charge in [-0.05, 0) is 48.5 Å². The summed E-state index contributed by atoms with van der Waals surface area (Å²) in [6, 6.07) is 66.6. The van der Waals surface area contributed by atoms with Crippen LogP contribution in [0.25, 0.3) is 109 Å². The Morgan fingerprint density at radius 1 is 0.351 bits per heavy atom. The molecule has 0 spiro atoms. The number of thiophene rings is 1. The molecule has 0 N–H and O–H groups in total. The van der Waals surface area contributed by atoms with Gasteiger partial charge in [-0.1, -0.05) is 140 Å². The Labute approximate surface area is 331 Å². The number of rotatable bonds is 5. The van der Waals surface area contributed by atoms with Crippen LogP contribution in [0.2, 0.25) is 0 Å². The van der Waals surface area contributed by atoms with Gasteiger partial charge in [0.1, 0.15) is 0 Å². The molecular formula is C51H31N5S. The van der Waals surface area contributed by atoms with E-state index in [1.165, 1.54) is 47.5 Å². The summed E-state index contributed by atoms with van der Waals surface area (Å²) in [6.07, 6.45) is 0. The van der Waals surface area contributed by atoms with Crippen LogP contribution in [-0.4, -0.2) is 24.1 Å². The molecule has 0 amide bonds. The number of nitrogens with zero attached hydrogens (tertiary/aromatic N) is 5. The molecule has 0 fully saturated rings. The van der Waals surface area contributed by atoms with Gasteiger partial charge in [-0.3, -0.25) is 0 Å². The van der Waals surface area contributed by atoms with Gasteiger partial charge in [-0.25, -0.2) is 15.0 Å². The molecule has 0 bridgehead atoms. The molecule has 12 rings (SSSR count). The van der Waals surface area contributed by atoms with Crippen molar-refractivity contribution in [3.8, 4) is 45.5 Å². The largest absolute Gasteiger partial charge is 0.309 e. The molecule has 5 nitrogen and oxygen atoms in total. The van der Waals surface area contributed by atoms with Crippen molar-refractivity contribution in [1.82, 2.24) is 24.1 Å². The number of fused-ring (bicyclic) bond motifs is 10. The molecule has 8 aromatic carbocycles. The van der Waals surface area contributed by atoms with Crippen LogP contribution >= 0.6 is 11.3 Å². The number of hydrogen-bond acceptors (Lipinski definition) is 4. The molecule has 0 aliphatic rings. The van der Waals surface area contributed by atoms with E-state index >= 15 is 0 Å². The molecule has 0 atom stereocenters. The normalized spacial score (nSPS) is 11.9. The first-order valence-electron chi connectivity index (χ1n) is 19.1. The van der Waals surface area contributed by atoms with Crippen LogP contribution < -0.4 is 0 Å². The van der Waals surface area contributed by atoms with Crippen LogP contribution in [0.4, 0.5) is 0 Å². The molecule has 12 aromatic rings. The molecule has 0 saturated heterocycles. The van der Waals surface area contributed by atoms with Gasteiger partial charge in [0.25, 0.3) is 0 Å². The number of para-hydroxylation sites is 3. The lowest BCUT2D eigenvalue weighted by Gasteiger charge is -2.10. The summed E-state index contributed by atoms with van der Waals surface area (Å²) < 4.78 is 7.33. The summed E-state index contributed by atoms with van der Waals surface area (Å²) in [4.78, 5) is 15.4. The van der Waals surface area contributed by atoms with Crippen LogP contribution in [0.3, 0.4) is 0 Å². The second-order valence-corrected chi connectivity index (χ2v) is 15.5. The van der Waals surface area contributed by atoms with Crippen molar-refractivity contribution in [3.63, 3.8) is 0 Å². The minimum absolute atomic E-state index is 0.645. The van der Waals surface area contributed by atoms with Gasteiger partial charge in [0.05, 0.1) is 22.1 Å². The summed E-state index contributed by atoms with van der Waals surface area (Å²) in [5, 5.41) is 7.29. The van der Waals surface area contributed by atoms with Crippen LogP contribution in [0.1, 0.15) is 0 Å². The molecule has 0 radical (unpaired) electrons. The predicted octanol–water partition coefficient (Wildman–Crippen LogP) is 13.4. The van der Waals surface area contributed by atoms with E-state index < -0.39 is 0 Å². The number of benzene rings is 8. The Hall–Kier alpha value is -7.41. The van der Waals surface area contributed by atoms with E-state index in [1.54, 1.807) is 0 Å². The maximum Gasteiger partial charge on any atom is 0.164 e. The summed E-state index contributed by atoms with van der Waals surface area (Å²) in [5.74, 6) is 1.94. The lowest BCUT2D eigenvalue weighted by molar-refractivity contribution is 1.08. The van der Waals surface area contributed by atoms with E-state index in [0.717, 1.165) is 44.4 Å². The average Bonchev–Trinajstić information content (AvgIpc) is 3.94. The van der Waals surface area contributed by atoms with E-state index in [-0.39, 0.29) is 0 Å². The summed E-state index contributed by atoms with van der Waals surface area (Å²) >= 11 is 1.85. The Morgan fingerprint density at radius 2 is 0.912 bits per heavy atom.